The van der Waals surface area contributed by atoms with Crippen LogP contribution in [0.25, 0.3) is 0 Å². The van der Waals surface area contributed by atoms with E-state index < -0.39 is 0 Å². The average molecular weight is 494 g/mol. The molecule has 0 radical (unpaired) electrons. The summed E-state index contributed by atoms with van der Waals surface area (Å²) in [5.41, 5.74) is 2.07. The van der Waals surface area contributed by atoms with Gasteiger partial charge in [0.15, 0.2) is 5.96 Å². The summed E-state index contributed by atoms with van der Waals surface area (Å²) in [4.78, 5) is 11.5. The van der Waals surface area contributed by atoms with Crippen molar-refractivity contribution >= 4 is 29.9 Å². The van der Waals surface area contributed by atoms with Crippen LogP contribution in [0.4, 0.5) is 0 Å². The lowest BCUT2D eigenvalue weighted by Crippen LogP contribution is -2.46. The van der Waals surface area contributed by atoms with Gasteiger partial charge in [-0.3, -0.25) is 4.98 Å². The number of rotatable bonds is 6. The lowest BCUT2D eigenvalue weighted by molar-refractivity contribution is 0.266. The van der Waals surface area contributed by atoms with E-state index in [2.05, 4.69) is 41.2 Å². The number of piperidine rings is 1. The molecule has 1 saturated heterocycles. The molecule has 1 atom stereocenters. The Bertz CT molecular complexity index is 738. The first-order valence-electron chi connectivity index (χ1n) is 9.89. The second-order valence-electron chi connectivity index (χ2n) is 7.12. The zero-order chi connectivity index (χ0) is 18.9. The second kappa shape index (κ2) is 11.9. The van der Waals surface area contributed by atoms with Gasteiger partial charge in [-0.05, 0) is 55.5 Å². The van der Waals surface area contributed by atoms with Gasteiger partial charge in [0.05, 0.1) is 12.2 Å². The number of ether oxygens (including phenoxy) is 1. The van der Waals surface area contributed by atoms with E-state index in [0.717, 1.165) is 48.5 Å². The molecule has 1 aliphatic rings. The van der Waals surface area contributed by atoms with Crippen LogP contribution in [-0.2, 0) is 13.2 Å². The Labute approximate surface area is 185 Å². The Balaban J connectivity index is 0.00000280. The highest BCUT2D eigenvalue weighted by atomic mass is 127. The van der Waals surface area contributed by atoms with Crippen molar-refractivity contribution in [3.63, 3.8) is 0 Å². The number of aliphatic imine (C=N–C) groups is 1. The average Bonchev–Trinajstić information content (AvgIpc) is 2.71. The summed E-state index contributed by atoms with van der Waals surface area (Å²) < 4.78 is 5.88. The van der Waals surface area contributed by atoms with Crippen molar-refractivity contribution in [2.45, 2.75) is 39.8 Å². The van der Waals surface area contributed by atoms with Crippen molar-refractivity contribution in [1.29, 1.82) is 0 Å². The van der Waals surface area contributed by atoms with Crippen molar-refractivity contribution < 1.29 is 4.74 Å². The van der Waals surface area contributed by atoms with Crippen LogP contribution in [0.5, 0.6) is 5.75 Å². The molecule has 2 aromatic rings. The number of nitrogens with one attached hydrogen (secondary N) is 1. The van der Waals surface area contributed by atoms with Gasteiger partial charge in [0.25, 0.3) is 0 Å². The number of benzene rings is 1. The van der Waals surface area contributed by atoms with Gasteiger partial charge in [0.2, 0.25) is 0 Å². The molecule has 6 heteroatoms. The third-order valence-corrected chi connectivity index (χ3v) is 4.71. The third-order valence-electron chi connectivity index (χ3n) is 4.71. The topological polar surface area (TPSA) is 49.8 Å². The van der Waals surface area contributed by atoms with Gasteiger partial charge < -0.3 is 15.0 Å². The number of aromatic nitrogens is 1. The molecule has 3 rings (SSSR count). The van der Waals surface area contributed by atoms with Gasteiger partial charge in [0, 0.05) is 25.8 Å². The van der Waals surface area contributed by atoms with Crippen LogP contribution in [0.1, 0.15) is 37.9 Å². The maximum Gasteiger partial charge on any atom is 0.194 e. The van der Waals surface area contributed by atoms with Gasteiger partial charge in [-0.25, -0.2) is 4.99 Å². The molecule has 0 spiro atoms. The van der Waals surface area contributed by atoms with E-state index in [1.807, 2.05) is 30.3 Å². The maximum absolute atomic E-state index is 5.88. The number of hydrogen-bond acceptors (Lipinski definition) is 3. The van der Waals surface area contributed by atoms with E-state index in [1.54, 1.807) is 6.20 Å². The smallest absolute Gasteiger partial charge is 0.194 e. The molecular weight excluding hydrogens is 463 g/mol. The lowest BCUT2D eigenvalue weighted by atomic mass is 10.0. The fraction of sp³-hybridized carbons (Fsp3) is 0.455. The number of guanidine groups is 1. The van der Waals surface area contributed by atoms with Gasteiger partial charge in [-0.1, -0.05) is 25.1 Å². The summed E-state index contributed by atoms with van der Waals surface area (Å²) in [6.45, 7) is 8.61. The van der Waals surface area contributed by atoms with Gasteiger partial charge in [0.1, 0.15) is 12.4 Å². The Morgan fingerprint density at radius 2 is 2.18 bits per heavy atom. The van der Waals surface area contributed by atoms with Crippen molar-refractivity contribution in [2.75, 3.05) is 19.6 Å². The molecule has 1 fully saturated rings. The van der Waals surface area contributed by atoms with E-state index >= 15 is 0 Å². The molecule has 1 aromatic heterocycles. The molecule has 28 heavy (non-hydrogen) atoms. The Kier molecular flexibility index (Phi) is 9.54. The molecule has 1 aliphatic heterocycles. The summed E-state index contributed by atoms with van der Waals surface area (Å²) in [7, 11) is 0. The van der Waals surface area contributed by atoms with Crippen LogP contribution in [0, 0.1) is 5.92 Å². The molecule has 1 unspecified atom stereocenters. The van der Waals surface area contributed by atoms with Crippen LogP contribution in [0.2, 0.25) is 0 Å². The van der Waals surface area contributed by atoms with Crippen LogP contribution in [0.15, 0.2) is 53.7 Å². The van der Waals surface area contributed by atoms with Crippen LogP contribution < -0.4 is 10.1 Å². The van der Waals surface area contributed by atoms with Crippen molar-refractivity contribution in [2.24, 2.45) is 10.9 Å². The van der Waals surface area contributed by atoms with Crippen LogP contribution in [0.3, 0.4) is 0 Å². The summed E-state index contributed by atoms with van der Waals surface area (Å²) >= 11 is 0. The van der Waals surface area contributed by atoms with Crippen molar-refractivity contribution in [3.05, 3.63) is 59.9 Å². The number of halogens is 1. The fourth-order valence-electron chi connectivity index (χ4n) is 3.35. The lowest BCUT2D eigenvalue weighted by Gasteiger charge is -2.33. The fourth-order valence-corrected chi connectivity index (χ4v) is 3.35. The molecular formula is C22H31IN4O. The van der Waals surface area contributed by atoms with Gasteiger partial charge in [-0.2, -0.15) is 0 Å². The third kappa shape index (κ3) is 6.96. The highest BCUT2D eigenvalue weighted by Gasteiger charge is 2.19. The minimum Gasteiger partial charge on any atom is -0.487 e. The first kappa shape index (κ1) is 22.5. The minimum atomic E-state index is 0. The largest absolute Gasteiger partial charge is 0.487 e. The van der Waals surface area contributed by atoms with Crippen molar-refractivity contribution in [3.8, 4) is 5.75 Å². The normalized spacial score (nSPS) is 17.0. The highest BCUT2D eigenvalue weighted by molar-refractivity contribution is 14.0. The molecule has 0 aliphatic carbocycles. The SMILES string of the molecule is CCNC(=NCc1cccc(OCc2ccccn2)c1)N1CCCC(C)C1.I. The number of nitrogens with zero attached hydrogens (tertiary/aromatic N) is 3. The van der Waals surface area contributed by atoms with E-state index in [9.17, 15) is 0 Å². The Hall–Kier alpha value is -1.83. The van der Waals surface area contributed by atoms with E-state index in [-0.39, 0.29) is 24.0 Å². The van der Waals surface area contributed by atoms with Crippen LogP contribution >= 0.6 is 24.0 Å². The molecule has 1 N–H and O–H groups in total. The van der Waals surface area contributed by atoms with Crippen molar-refractivity contribution in [1.82, 2.24) is 15.2 Å². The Morgan fingerprint density at radius 1 is 1.29 bits per heavy atom. The van der Waals surface area contributed by atoms with E-state index in [1.165, 1.54) is 12.8 Å². The summed E-state index contributed by atoms with van der Waals surface area (Å²) in [6.07, 6.45) is 4.33. The summed E-state index contributed by atoms with van der Waals surface area (Å²) in [5, 5.41) is 3.44. The molecule has 0 bridgehead atoms. The second-order valence-corrected chi connectivity index (χ2v) is 7.12. The zero-order valence-corrected chi connectivity index (χ0v) is 19.1. The molecule has 5 nitrogen and oxygen atoms in total. The molecule has 2 heterocycles. The van der Waals surface area contributed by atoms with Gasteiger partial charge in [-0.15, -0.1) is 24.0 Å². The van der Waals surface area contributed by atoms with E-state index in [4.69, 9.17) is 9.73 Å². The molecule has 1 aromatic carbocycles. The standard InChI is InChI=1S/C22H30N4O.HI/c1-3-23-22(26-13-7-8-18(2)16-26)25-15-19-9-6-11-21(14-19)27-17-20-10-4-5-12-24-20;/h4-6,9-12,14,18H,3,7-8,13,15-17H2,1-2H3,(H,23,25);1H. The first-order valence-corrected chi connectivity index (χ1v) is 9.89. The predicted molar refractivity (Wildman–Crippen MR) is 125 cm³/mol. The number of pyridine rings is 1. The first-order chi connectivity index (χ1) is 13.2. The predicted octanol–water partition coefficient (Wildman–Crippen LogP) is 4.48. The highest BCUT2D eigenvalue weighted by Crippen LogP contribution is 2.17. The minimum absolute atomic E-state index is 0. The number of hydrogen-bond donors (Lipinski definition) is 1. The molecule has 0 amide bonds. The van der Waals surface area contributed by atoms with E-state index in [0.29, 0.717) is 13.2 Å². The van der Waals surface area contributed by atoms with Gasteiger partial charge >= 0.3 is 0 Å². The maximum atomic E-state index is 5.88. The summed E-state index contributed by atoms with van der Waals surface area (Å²) in [6, 6.07) is 14.0. The molecule has 152 valence electrons. The molecule has 0 saturated carbocycles. The zero-order valence-electron chi connectivity index (χ0n) is 16.8. The summed E-state index contributed by atoms with van der Waals surface area (Å²) in [5.74, 6) is 2.60. The Morgan fingerprint density at radius 3 is 2.93 bits per heavy atom. The number of likely N-dealkylation sites (tertiary alicyclic amines) is 1. The monoisotopic (exact) mass is 494 g/mol. The quantitative estimate of drug-likeness (QED) is 0.366. The van der Waals surface area contributed by atoms with Crippen LogP contribution in [-0.4, -0.2) is 35.5 Å².